The number of anilines is 1. The summed E-state index contributed by atoms with van der Waals surface area (Å²) in [6.07, 6.45) is 1.81. The van der Waals surface area contributed by atoms with E-state index < -0.39 is 0 Å². The van der Waals surface area contributed by atoms with Crippen LogP contribution < -0.4 is 5.32 Å². The third-order valence-corrected chi connectivity index (χ3v) is 6.41. The second-order valence-electron chi connectivity index (χ2n) is 6.35. The minimum Gasteiger partial charge on any atom is -0.380 e. The minimum atomic E-state index is 0.571. The fourth-order valence-electron chi connectivity index (χ4n) is 2.76. The highest BCUT2D eigenvalue weighted by Gasteiger charge is 2.08. The van der Waals surface area contributed by atoms with Gasteiger partial charge in [-0.25, -0.2) is 9.97 Å². The van der Waals surface area contributed by atoms with Gasteiger partial charge in [0.25, 0.3) is 0 Å². The van der Waals surface area contributed by atoms with Crippen LogP contribution in [0.15, 0.2) is 54.0 Å². The van der Waals surface area contributed by atoms with E-state index in [-0.39, 0.29) is 0 Å². The topological polar surface area (TPSA) is 37.8 Å². The molecule has 0 radical (unpaired) electrons. The molecule has 27 heavy (non-hydrogen) atoms. The zero-order chi connectivity index (χ0) is 18.8. The first-order chi connectivity index (χ1) is 13.1. The average molecular weight is 412 g/mol. The molecule has 0 atom stereocenters. The third kappa shape index (κ3) is 4.21. The molecule has 2 heterocycles. The number of rotatable bonds is 5. The molecule has 3 nitrogen and oxygen atoms in total. The Balaban J connectivity index is 1.53. The molecule has 0 fully saturated rings. The maximum absolute atomic E-state index is 5.89. The number of thiazole rings is 2. The molecule has 136 valence electrons. The van der Waals surface area contributed by atoms with Gasteiger partial charge >= 0.3 is 0 Å². The summed E-state index contributed by atoms with van der Waals surface area (Å²) in [5.41, 5.74) is 6.95. The van der Waals surface area contributed by atoms with Crippen molar-refractivity contribution < 1.29 is 0 Å². The van der Waals surface area contributed by atoms with Gasteiger partial charge in [-0.2, -0.15) is 0 Å². The van der Waals surface area contributed by atoms with Gasteiger partial charge in [-0.15, -0.1) is 22.7 Å². The van der Waals surface area contributed by atoms with Crippen LogP contribution in [0.2, 0.25) is 4.47 Å². The smallest absolute Gasteiger partial charge is 0.183 e. The largest absolute Gasteiger partial charge is 0.380 e. The molecule has 0 saturated carbocycles. The molecule has 6 heteroatoms. The molecular formula is C21H18ClN3S2. The second-order valence-corrected chi connectivity index (χ2v) is 8.91. The first kappa shape index (κ1) is 18.2. The van der Waals surface area contributed by atoms with Crippen molar-refractivity contribution in [2.24, 2.45) is 0 Å². The monoisotopic (exact) mass is 411 g/mol. The summed E-state index contributed by atoms with van der Waals surface area (Å²) < 4.78 is 0.571. The summed E-state index contributed by atoms with van der Waals surface area (Å²) in [6, 6.07) is 14.8. The number of aryl methyl sites for hydroxylation is 2. The van der Waals surface area contributed by atoms with Crippen molar-refractivity contribution in [1.29, 1.82) is 0 Å². The lowest BCUT2D eigenvalue weighted by Gasteiger charge is -2.06. The first-order valence-corrected chi connectivity index (χ1v) is 10.6. The molecule has 2 aromatic carbocycles. The molecule has 0 bridgehead atoms. The summed E-state index contributed by atoms with van der Waals surface area (Å²) >= 11 is 9.05. The number of nitrogens with zero attached hydrogens (tertiary/aromatic N) is 2. The molecule has 0 aliphatic heterocycles. The van der Waals surface area contributed by atoms with E-state index >= 15 is 0 Å². The molecule has 0 amide bonds. The zero-order valence-electron chi connectivity index (χ0n) is 15.0. The van der Waals surface area contributed by atoms with Crippen molar-refractivity contribution in [3.63, 3.8) is 0 Å². The number of hydrogen-bond donors (Lipinski definition) is 1. The molecule has 2 aromatic heterocycles. The highest BCUT2D eigenvalue weighted by atomic mass is 35.5. The number of hydrogen-bond acceptors (Lipinski definition) is 5. The van der Waals surface area contributed by atoms with Crippen LogP contribution in [0.3, 0.4) is 0 Å². The van der Waals surface area contributed by atoms with Crippen LogP contribution >= 0.6 is 34.3 Å². The molecule has 0 spiro atoms. The van der Waals surface area contributed by atoms with Gasteiger partial charge in [-0.3, -0.25) is 0 Å². The van der Waals surface area contributed by atoms with E-state index in [1.165, 1.54) is 22.5 Å². The maximum Gasteiger partial charge on any atom is 0.183 e. The van der Waals surface area contributed by atoms with Gasteiger partial charge in [0.15, 0.2) is 4.47 Å². The first-order valence-electron chi connectivity index (χ1n) is 8.56. The lowest BCUT2D eigenvalue weighted by Crippen LogP contribution is -1.97. The number of nitrogens with one attached hydrogen (secondary N) is 1. The SMILES string of the molecule is Cc1ccc(-c2csc(-c3cccc(NCc4cnc(Cl)s4)c3)n2)cc1C. The Kier molecular flexibility index (Phi) is 5.25. The van der Waals surface area contributed by atoms with Crippen molar-refractivity contribution in [3.05, 3.63) is 74.5 Å². The minimum absolute atomic E-state index is 0.571. The molecule has 0 unspecified atom stereocenters. The van der Waals surface area contributed by atoms with E-state index in [4.69, 9.17) is 16.6 Å². The summed E-state index contributed by atoms with van der Waals surface area (Å²) in [7, 11) is 0. The van der Waals surface area contributed by atoms with Gasteiger partial charge in [-0.05, 0) is 43.2 Å². The molecule has 4 rings (SSSR count). The van der Waals surface area contributed by atoms with Crippen LogP contribution in [-0.2, 0) is 6.54 Å². The van der Waals surface area contributed by atoms with E-state index in [1.54, 1.807) is 17.5 Å². The van der Waals surface area contributed by atoms with Crippen LogP contribution in [0.1, 0.15) is 16.0 Å². The van der Waals surface area contributed by atoms with Gasteiger partial charge in [0, 0.05) is 33.3 Å². The lowest BCUT2D eigenvalue weighted by atomic mass is 10.1. The Hall–Kier alpha value is -2.21. The number of aromatic nitrogens is 2. The second kappa shape index (κ2) is 7.80. The Morgan fingerprint density at radius 2 is 1.93 bits per heavy atom. The Labute approximate surface area is 171 Å². The van der Waals surface area contributed by atoms with E-state index in [1.807, 2.05) is 0 Å². The van der Waals surface area contributed by atoms with E-state index in [9.17, 15) is 0 Å². The normalized spacial score (nSPS) is 10.9. The van der Waals surface area contributed by atoms with Crippen molar-refractivity contribution in [2.75, 3.05) is 5.32 Å². The predicted octanol–water partition coefficient (Wildman–Crippen LogP) is 6.82. The third-order valence-electron chi connectivity index (χ3n) is 4.41. The molecule has 4 aromatic rings. The number of halogens is 1. The fourth-order valence-corrected chi connectivity index (χ4v) is 4.50. The molecular weight excluding hydrogens is 394 g/mol. The summed E-state index contributed by atoms with van der Waals surface area (Å²) in [5.74, 6) is 0. The van der Waals surface area contributed by atoms with Gasteiger partial charge in [-0.1, -0.05) is 35.9 Å². The molecule has 0 saturated heterocycles. The van der Waals surface area contributed by atoms with Crippen LogP contribution in [0.4, 0.5) is 5.69 Å². The average Bonchev–Trinajstić information content (AvgIpc) is 3.32. The molecule has 0 aliphatic carbocycles. The van der Waals surface area contributed by atoms with Crippen LogP contribution in [0.25, 0.3) is 21.8 Å². The lowest BCUT2D eigenvalue weighted by molar-refractivity contribution is 1.17. The van der Waals surface area contributed by atoms with Crippen molar-refractivity contribution in [1.82, 2.24) is 9.97 Å². The summed E-state index contributed by atoms with van der Waals surface area (Å²) in [6.45, 7) is 4.97. The van der Waals surface area contributed by atoms with Gasteiger partial charge in [0.2, 0.25) is 0 Å². The Morgan fingerprint density at radius 1 is 1.04 bits per heavy atom. The van der Waals surface area contributed by atoms with Gasteiger partial charge in [0.05, 0.1) is 12.2 Å². The zero-order valence-corrected chi connectivity index (χ0v) is 17.4. The van der Waals surface area contributed by atoms with Crippen LogP contribution in [0.5, 0.6) is 0 Å². The van der Waals surface area contributed by atoms with Gasteiger partial charge < -0.3 is 5.32 Å². The predicted molar refractivity (Wildman–Crippen MR) is 117 cm³/mol. The fraction of sp³-hybridized carbons (Fsp3) is 0.143. The van der Waals surface area contributed by atoms with Crippen molar-refractivity contribution in [3.8, 4) is 21.8 Å². The van der Waals surface area contributed by atoms with Crippen LogP contribution in [0, 0.1) is 13.8 Å². The van der Waals surface area contributed by atoms with Crippen molar-refractivity contribution >= 4 is 40.0 Å². The highest BCUT2D eigenvalue weighted by Crippen LogP contribution is 2.31. The standard InChI is InChI=1S/C21H18ClN3S2/c1-13-6-7-15(8-14(13)2)19-12-26-20(25-19)16-4-3-5-17(9-16)23-10-18-11-24-21(22)27-18/h3-9,11-12,23H,10H2,1-2H3. The van der Waals surface area contributed by atoms with E-state index in [0.717, 1.165) is 32.4 Å². The quantitative estimate of drug-likeness (QED) is 0.391. The Morgan fingerprint density at radius 3 is 2.70 bits per heavy atom. The van der Waals surface area contributed by atoms with Gasteiger partial charge in [0.1, 0.15) is 5.01 Å². The van der Waals surface area contributed by atoms with Crippen molar-refractivity contribution in [2.45, 2.75) is 20.4 Å². The summed E-state index contributed by atoms with van der Waals surface area (Å²) in [5, 5.41) is 6.57. The van der Waals surface area contributed by atoms with E-state index in [0.29, 0.717) is 11.0 Å². The maximum atomic E-state index is 5.89. The number of benzene rings is 2. The van der Waals surface area contributed by atoms with E-state index in [2.05, 4.69) is 72.0 Å². The van der Waals surface area contributed by atoms with Crippen LogP contribution in [-0.4, -0.2) is 9.97 Å². The highest BCUT2D eigenvalue weighted by molar-refractivity contribution is 7.15. The molecule has 1 N–H and O–H groups in total. The molecule has 0 aliphatic rings. The summed E-state index contributed by atoms with van der Waals surface area (Å²) in [4.78, 5) is 10.0. The Bertz CT molecular complexity index is 1080.